The number of nitrogens with zero attached hydrogens (tertiary/aromatic N) is 1. The van der Waals surface area contributed by atoms with Crippen LogP contribution in [0, 0.1) is 11.3 Å². The van der Waals surface area contributed by atoms with Gasteiger partial charge >= 0.3 is 5.97 Å². The van der Waals surface area contributed by atoms with Gasteiger partial charge in [-0.05, 0) is 37.5 Å². The van der Waals surface area contributed by atoms with Crippen LogP contribution in [0.5, 0.6) is 0 Å². The molecule has 0 aliphatic heterocycles. The summed E-state index contributed by atoms with van der Waals surface area (Å²) in [4.78, 5) is 23.4. The van der Waals surface area contributed by atoms with Crippen LogP contribution in [0.15, 0.2) is 30.3 Å². The minimum absolute atomic E-state index is 0.322. The topological polar surface area (TPSA) is 79.2 Å². The first-order chi connectivity index (χ1) is 10.6. The molecule has 0 fully saturated rings. The highest BCUT2D eigenvalue weighted by atomic mass is 16.5. The van der Waals surface area contributed by atoms with Crippen molar-refractivity contribution in [2.75, 3.05) is 7.11 Å². The van der Waals surface area contributed by atoms with Gasteiger partial charge in [0, 0.05) is 12.0 Å². The van der Waals surface area contributed by atoms with Crippen LogP contribution in [0.4, 0.5) is 0 Å². The van der Waals surface area contributed by atoms with Gasteiger partial charge in [-0.15, -0.1) is 0 Å². The number of methoxy groups -OCH3 is 1. The normalized spacial score (nSPS) is 11.7. The van der Waals surface area contributed by atoms with Crippen LogP contribution in [0.3, 0.4) is 0 Å². The first-order valence-corrected chi connectivity index (χ1v) is 7.10. The summed E-state index contributed by atoms with van der Waals surface area (Å²) < 4.78 is 4.57. The third-order valence-corrected chi connectivity index (χ3v) is 3.02. The summed E-state index contributed by atoms with van der Waals surface area (Å²) in [6, 6.07) is 8.52. The van der Waals surface area contributed by atoms with Crippen LogP contribution >= 0.6 is 0 Å². The molecule has 5 nitrogen and oxygen atoms in total. The van der Waals surface area contributed by atoms with Crippen molar-refractivity contribution in [1.29, 1.82) is 5.26 Å². The maximum Gasteiger partial charge on any atom is 0.328 e. The molecule has 1 aromatic rings. The summed E-state index contributed by atoms with van der Waals surface area (Å²) in [6.45, 7) is 1.57. The van der Waals surface area contributed by atoms with E-state index in [1.54, 1.807) is 25.1 Å². The molecular weight excluding hydrogens is 280 g/mol. The Balaban J connectivity index is 2.65. The minimum Gasteiger partial charge on any atom is -0.467 e. The second-order valence-electron chi connectivity index (χ2n) is 4.80. The predicted octanol–water partition coefficient (Wildman–Crippen LogP) is 2.68. The number of benzene rings is 1. The second-order valence-corrected chi connectivity index (χ2v) is 4.80. The monoisotopic (exact) mass is 300 g/mol. The molecule has 116 valence electrons. The molecule has 1 rings (SSSR count). The van der Waals surface area contributed by atoms with E-state index in [9.17, 15) is 9.59 Å². The number of carbonyl (C=O) groups excluding carboxylic acids is 2. The first-order valence-electron chi connectivity index (χ1n) is 7.10. The molecule has 0 aliphatic carbocycles. The first kappa shape index (κ1) is 17.4. The van der Waals surface area contributed by atoms with E-state index in [1.165, 1.54) is 7.11 Å². The summed E-state index contributed by atoms with van der Waals surface area (Å²) in [7, 11) is 1.28. The zero-order valence-corrected chi connectivity index (χ0v) is 12.8. The molecule has 1 atom stereocenters. The standard InChI is InChI=1S/C17H20N2O3/c1-13(17(21)22-2)19-16(20)15-10-7-9-14(12-15)8-5-3-4-6-11-18/h5,7-10,12-13H,3-4,6H2,1-2H3,(H,19,20). The highest BCUT2D eigenvalue weighted by Crippen LogP contribution is 2.09. The van der Waals surface area contributed by atoms with Gasteiger partial charge in [0.2, 0.25) is 0 Å². The summed E-state index contributed by atoms with van der Waals surface area (Å²) in [6.07, 6.45) is 6.08. The molecule has 1 aromatic carbocycles. The lowest BCUT2D eigenvalue weighted by atomic mass is 10.1. The lowest BCUT2D eigenvalue weighted by Crippen LogP contribution is -2.39. The number of rotatable bonds is 7. The number of hydrogen-bond acceptors (Lipinski definition) is 4. The number of amides is 1. The number of nitriles is 1. The van der Waals surface area contributed by atoms with Crippen LogP contribution in [-0.4, -0.2) is 25.0 Å². The fraction of sp³-hybridized carbons (Fsp3) is 0.353. The Bertz CT molecular complexity index is 588. The lowest BCUT2D eigenvalue weighted by molar-refractivity contribution is -0.142. The Labute approximate surface area is 130 Å². The lowest BCUT2D eigenvalue weighted by Gasteiger charge is -2.11. The van der Waals surface area contributed by atoms with Crippen LogP contribution in [-0.2, 0) is 9.53 Å². The molecule has 0 spiro atoms. The maximum absolute atomic E-state index is 12.1. The van der Waals surface area contributed by atoms with Gasteiger partial charge in [0.1, 0.15) is 6.04 Å². The van der Waals surface area contributed by atoms with Crippen molar-refractivity contribution < 1.29 is 14.3 Å². The average molecular weight is 300 g/mol. The van der Waals surface area contributed by atoms with Crippen LogP contribution in [0.25, 0.3) is 6.08 Å². The third-order valence-electron chi connectivity index (χ3n) is 3.02. The van der Waals surface area contributed by atoms with Gasteiger partial charge in [-0.2, -0.15) is 5.26 Å². The zero-order chi connectivity index (χ0) is 16.4. The quantitative estimate of drug-likeness (QED) is 0.620. The van der Waals surface area contributed by atoms with Crippen molar-refractivity contribution in [1.82, 2.24) is 5.32 Å². The highest BCUT2D eigenvalue weighted by Gasteiger charge is 2.16. The van der Waals surface area contributed by atoms with E-state index < -0.39 is 12.0 Å². The number of hydrogen-bond donors (Lipinski definition) is 1. The number of allylic oxidation sites excluding steroid dienone is 1. The van der Waals surface area contributed by atoms with Crippen molar-refractivity contribution >= 4 is 18.0 Å². The van der Waals surface area contributed by atoms with Gasteiger partial charge in [0.15, 0.2) is 0 Å². The minimum atomic E-state index is -0.692. The highest BCUT2D eigenvalue weighted by molar-refractivity contribution is 5.97. The molecule has 0 aromatic heterocycles. The summed E-state index contributed by atoms with van der Waals surface area (Å²) in [5.41, 5.74) is 1.38. The summed E-state index contributed by atoms with van der Waals surface area (Å²) in [5.74, 6) is -0.806. The smallest absolute Gasteiger partial charge is 0.328 e. The van der Waals surface area contributed by atoms with Crippen LogP contribution < -0.4 is 5.32 Å². The molecule has 5 heteroatoms. The van der Waals surface area contributed by atoms with E-state index >= 15 is 0 Å². The van der Waals surface area contributed by atoms with Crippen molar-refractivity contribution in [3.63, 3.8) is 0 Å². The molecule has 0 radical (unpaired) electrons. The Morgan fingerprint density at radius 1 is 1.45 bits per heavy atom. The van der Waals surface area contributed by atoms with Crippen LogP contribution in [0.2, 0.25) is 0 Å². The van der Waals surface area contributed by atoms with E-state index in [0.717, 1.165) is 18.4 Å². The number of carbonyl (C=O) groups is 2. The van der Waals surface area contributed by atoms with Crippen molar-refractivity contribution in [3.8, 4) is 6.07 Å². The number of ether oxygens (including phenoxy) is 1. The molecule has 0 saturated heterocycles. The molecule has 1 unspecified atom stereocenters. The predicted molar refractivity (Wildman–Crippen MR) is 83.9 cm³/mol. The van der Waals surface area contributed by atoms with E-state index in [1.807, 2.05) is 18.2 Å². The molecular formula is C17H20N2O3. The van der Waals surface area contributed by atoms with Gasteiger partial charge in [-0.1, -0.05) is 24.3 Å². The molecule has 0 bridgehead atoms. The number of unbranched alkanes of at least 4 members (excludes halogenated alkanes) is 2. The van der Waals surface area contributed by atoms with Crippen molar-refractivity contribution in [3.05, 3.63) is 41.5 Å². The van der Waals surface area contributed by atoms with E-state index in [4.69, 9.17) is 5.26 Å². The molecule has 1 N–H and O–H groups in total. The van der Waals surface area contributed by atoms with Gasteiger partial charge in [-0.25, -0.2) is 4.79 Å². The molecule has 0 heterocycles. The molecule has 0 saturated carbocycles. The summed E-state index contributed by atoms with van der Waals surface area (Å²) >= 11 is 0. The Morgan fingerprint density at radius 3 is 2.91 bits per heavy atom. The number of esters is 1. The Hall–Kier alpha value is -2.61. The van der Waals surface area contributed by atoms with Gasteiger partial charge in [0.05, 0.1) is 13.2 Å². The van der Waals surface area contributed by atoms with Gasteiger partial charge in [-0.3, -0.25) is 4.79 Å². The van der Waals surface area contributed by atoms with E-state index in [0.29, 0.717) is 12.0 Å². The largest absolute Gasteiger partial charge is 0.467 e. The maximum atomic E-state index is 12.1. The third kappa shape index (κ3) is 5.80. The van der Waals surface area contributed by atoms with Crippen molar-refractivity contribution in [2.45, 2.75) is 32.2 Å². The Morgan fingerprint density at radius 2 is 2.23 bits per heavy atom. The molecule has 22 heavy (non-hydrogen) atoms. The Kier molecular flexibility index (Phi) is 7.41. The molecule has 0 aliphatic rings. The van der Waals surface area contributed by atoms with Gasteiger partial charge < -0.3 is 10.1 Å². The average Bonchev–Trinajstić information content (AvgIpc) is 2.54. The van der Waals surface area contributed by atoms with Gasteiger partial charge in [0.25, 0.3) is 5.91 Å². The SMILES string of the molecule is COC(=O)C(C)NC(=O)c1cccc(C=CCCCC#N)c1. The van der Waals surface area contributed by atoms with E-state index in [2.05, 4.69) is 16.1 Å². The zero-order valence-electron chi connectivity index (χ0n) is 12.8. The fourth-order valence-electron chi connectivity index (χ4n) is 1.82. The second kappa shape index (κ2) is 9.35. The molecule has 1 amide bonds. The van der Waals surface area contributed by atoms with Crippen molar-refractivity contribution in [2.24, 2.45) is 0 Å². The summed E-state index contributed by atoms with van der Waals surface area (Å²) in [5, 5.41) is 11.0. The van der Waals surface area contributed by atoms with Crippen LogP contribution in [0.1, 0.15) is 42.1 Å². The fourth-order valence-corrected chi connectivity index (χ4v) is 1.82. The van der Waals surface area contributed by atoms with E-state index in [-0.39, 0.29) is 5.91 Å². The number of nitrogens with one attached hydrogen (secondary N) is 1.